The number of rotatable bonds is 4. The third-order valence-electron chi connectivity index (χ3n) is 6.29. The fourth-order valence-corrected chi connectivity index (χ4v) is 5.89. The summed E-state index contributed by atoms with van der Waals surface area (Å²) in [5.41, 5.74) is -0.976. The van der Waals surface area contributed by atoms with Crippen molar-refractivity contribution in [2.24, 2.45) is 0 Å². The molecule has 0 spiro atoms. The standard InChI is InChI=1S/C24H30F2IN2O7P/c1-23(2,3)13-7-14(24(4,5)6)20-12(19(13)26)10-33-37(32,36-20)34-11-17-15(25)8-18(35-17)29-9-16(27)21(30)28-22(29)31/h7,9,15,17-18H,8,10-11H2,1-6H3,(H,28,30,31)/t15-,17+,18+,37+/m0/s1/i27-2. The van der Waals surface area contributed by atoms with Gasteiger partial charge in [-0.1, -0.05) is 41.5 Å². The lowest BCUT2D eigenvalue weighted by Gasteiger charge is -2.33. The van der Waals surface area contributed by atoms with Crippen molar-refractivity contribution >= 4 is 30.4 Å². The lowest BCUT2D eigenvalue weighted by atomic mass is 9.78. The topological polar surface area (TPSA) is 109 Å². The van der Waals surface area contributed by atoms with Crippen molar-refractivity contribution in [1.29, 1.82) is 0 Å². The summed E-state index contributed by atoms with van der Waals surface area (Å²) in [5.74, 6) is -0.391. The van der Waals surface area contributed by atoms with Crippen LogP contribution in [0.15, 0.2) is 21.9 Å². The van der Waals surface area contributed by atoms with Crippen LogP contribution in [0, 0.1) is 9.39 Å². The van der Waals surface area contributed by atoms with Gasteiger partial charge in [0, 0.05) is 18.2 Å². The van der Waals surface area contributed by atoms with E-state index in [1.807, 2.05) is 41.5 Å². The normalized spacial score (nSPS) is 26.1. The summed E-state index contributed by atoms with van der Waals surface area (Å²) in [6.45, 7) is 10.6. The van der Waals surface area contributed by atoms with E-state index in [1.54, 1.807) is 28.7 Å². The summed E-state index contributed by atoms with van der Waals surface area (Å²) in [6, 6.07) is 1.72. The van der Waals surface area contributed by atoms with Gasteiger partial charge in [-0.05, 0) is 45.1 Å². The number of alkyl halides is 1. The average molecular weight is 652 g/mol. The van der Waals surface area contributed by atoms with E-state index in [1.165, 1.54) is 6.20 Å². The summed E-state index contributed by atoms with van der Waals surface area (Å²) >= 11 is 1.75. The van der Waals surface area contributed by atoms with E-state index in [0.717, 1.165) is 4.57 Å². The minimum Gasteiger partial charge on any atom is -0.403 e. The Morgan fingerprint density at radius 1 is 1.19 bits per heavy atom. The Kier molecular flexibility index (Phi) is 7.57. The van der Waals surface area contributed by atoms with Gasteiger partial charge >= 0.3 is 13.5 Å². The number of H-pyrrole nitrogens is 1. The predicted molar refractivity (Wildman–Crippen MR) is 140 cm³/mol. The summed E-state index contributed by atoms with van der Waals surface area (Å²) < 4.78 is 67.0. The molecule has 13 heteroatoms. The van der Waals surface area contributed by atoms with Gasteiger partial charge in [0.05, 0.1) is 22.3 Å². The fraction of sp³-hybridized carbons (Fsp3) is 0.583. The van der Waals surface area contributed by atoms with Gasteiger partial charge in [0.2, 0.25) is 0 Å². The summed E-state index contributed by atoms with van der Waals surface area (Å²) in [7, 11) is -4.24. The van der Waals surface area contributed by atoms with Gasteiger partial charge in [-0.3, -0.25) is 23.4 Å². The van der Waals surface area contributed by atoms with Crippen molar-refractivity contribution in [1.82, 2.24) is 9.55 Å². The predicted octanol–water partition coefficient (Wildman–Crippen LogP) is 5.23. The van der Waals surface area contributed by atoms with E-state index in [9.17, 15) is 18.5 Å². The molecule has 1 aromatic heterocycles. The van der Waals surface area contributed by atoms with Crippen molar-refractivity contribution < 1.29 is 31.7 Å². The van der Waals surface area contributed by atoms with Gasteiger partial charge in [0.25, 0.3) is 5.56 Å². The highest BCUT2D eigenvalue weighted by molar-refractivity contribution is 14.1. The summed E-state index contributed by atoms with van der Waals surface area (Å²) in [5, 5.41) is 0. The molecule has 2 aromatic rings. The van der Waals surface area contributed by atoms with E-state index < -0.39 is 60.8 Å². The van der Waals surface area contributed by atoms with Crippen molar-refractivity contribution in [3.8, 4) is 5.75 Å². The smallest absolute Gasteiger partial charge is 0.403 e. The lowest BCUT2D eigenvalue weighted by molar-refractivity contribution is -0.0371. The first-order valence-electron chi connectivity index (χ1n) is 11.8. The van der Waals surface area contributed by atoms with Crippen LogP contribution >= 0.6 is 30.4 Å². The van der Waals surface area contributed by atoms with Crippen LogP contribution in [0.3, 0.4) is 0 Å². The minimum absolute atomic E-state index is 0.101. The zero-order valence-electron chi connectivity index (χ0n) is 21.4. The maximum absolute atomic E-state index is 15.4. The van der Waals surface area contributed by atoms with Crippen LogP contribution < -0.4 is 15.8 Å². The SMILES string of the molecule is CC(C)(C)c1cc(C(C)(C)C)c2c(c1F)CO[P@](=O)(OC[C@H]1O[C@@H](n3cc([125I])c(=O)[nH]c3=O)C[C@@H]1F)O2. The highest BCUT2D eigenvalue weighted by Gasteiger charge is 2.43. The van der Waals surface area contributed by atoms with Gasteiger partial charge < -0.3 is 9.26 Å². The van der Waals surface area contributed by atoms with Gasteiger partial charge in [0.15, 0.2) is 0 Å². The second kappa shape index (κ2) is 9.86. The number of fused-ring (bicyclic) bond motifs is 1. The first kappa shape index (κ1) is 28.4. The molecular weight excluding hydrogens is 622 g/mol. The molecule has 2 aliphatic heterocycles. The van der Waals surface area contributed by atoms with E-state index in [4.69, 9.17) is 18.3 Å². The second-order valence-electron chi connectivity index (χ2n) is 11.2. The fourth-order valence-electron chi connectivity index (χ4n) is 4.23. The highest BCUT2D eigenvalue weighted by Crippen LogP contribution is 2.58. The molecule has 0 aliphatic carbocycles. The molecule has 4 atom stereocenters. The number of nitrogens with one attached hydrogen (secondary N) is 1. The van der Waals surface area contributed by atoms with Gasteiger partial charge in [-0.2, -0.15) is 0 Å². The molecule has 1 N–H and O–H groups in total. The van der Waals surface area contributed by atoms with Gasteiger partial charge in [-0.25, -0.2) is 18.1 Å². The second-order valence-corrected chi connectivity index (χ2v) is 14.0. The van der Waals surface area contributed by atoms with Crippen LogP contribution in [0.5, 0.6) is 5.75 Å². The molecule has 3 heterocycles. The Morgan fingerprint density at radius 2 is 1.84 bits per heavy atom. The third-order valence-corrected chi connectivity index (χ3v) is 8.37. The molecule has 37 heavy (non-hydrogen) atoms. The van der Waals surface area contributed by atoms with Crippen LogP contribution in [-0.2, 0) is 35.8 Å². The quantitative estimate of drug-likeness (QED) is 0.356. The van der Waals surface area contributed by atoms with Crippen molar-refractivity contribution in [2.45, 2.75) is 83.9 Å². The van der Waals surface area contributed by atoms with E-state index in [2.05, 4.69) is 4.98 Å². The Morgan fingerprint density at radius 3 is 2.46 bits per heavy atom. The number of halogens is 3. The average Bonchev–Trinajstić information content (AvgIpc) is 3.13. The van der Waals surface area contributed by atoms with E-state index in [0.29, 0.717) is 11.1 Å². The van der Waals surface area contributed by atoms with Crippen LogP contribution in [-0.4, -0.2) is 28.4 Å². The largest absolute Gasteiger partial charge is 0.530 e. The molecule has 0 radical (unpaired) electrons. The zero-order valence-corrected chi connectivity index (χ0v) is 24.4. The lowest BCUT2D eigenvalue weighted by Crippen LogP contribution is -2.33. The van der Waals surface area contributed by atoms with Crippen molar-refractivity contribution in [2.75, 3.05) is 6.61 Å². The third kappa shape index (κ3) is 5.73. The van der Waals surface area contributed by atoms with Crippen molar-refractivity contribution in [3.63, 3.8) is 0 Å². The first-order chi connectivity index (χ1) is 17.0. The maximum atomic E-state index is 15.4. The van der Waals surface area contributed by atoms with Gasteiger partial charge in [0.1, 0.15) is 30.1 Å². The molecule has 0 saturated carbocycles. The Balaban J connectivity index is 1.55. The molecule has 1 fully saturated rings. The monoisotopic (exact) mass is 652 g/mol. The molecule has 0 unspecified atom stereocenters. The number of phosphoric acid groups is 1. The molecule has 0 amide bonds. The Bertz CT molecular complexity index is 1380. The number of ether oxygens (including phenoxy) is 1. The van der Waals surface area contributed by atoms with Crippen LogP contribution in [0.4, 0.5) is 8.78 Å². The first-order valence-corrected chi connectivity index (χ1v) is 14.3. The summed E-state index contributed by atoms with van der Waals surface area (Å²) in [6.07, 6.45) is -2.62. The zero-order chi connectivity index (χ0) is 27.5. The van der Waals surface area contributed by atoms with E-state index >= 15 is 4.39 Å². The van der Waals surface area contributed by atoms with Crippen LogP contribution in [0.1, 0.15) is 70.9 Å². The number of benzene rings is 1. The molecule has 0 bridgehead atoms. The Labute approximate surface area is 226 Å². The molecule has 1 saturated heterocycles. The van der Waals surface area contributed by atoms with Crippen LogP contribution in [0.25, 0.3) is 0 Å². The van der Waals surface area contributed by atoms with E-state index in [-0.39, 0.29) is 27.9 Å². The summed E-state index contributed by atoms with van der Waals surface area (Å²) in [4.78, 5) is 25.9. The molecule has 4 rings (SSSR count). The van der Waals surface area contributed by atoms with Gasteiger partial charge in [-0.15, -0.1) is 0 Å². The number of nitrogens with zero attached hydrogens (tertiary/aromatic N) is 1. The molecular formula is C24H30F2IN2O7P. The Hall–Kier alpha value is -1.60. The maximum Gasteiger partial charge on any atom is 0.530 e. The molecule has 2 aliphatic rings. The molecule has 1 aromatic carbocycles. The number of hydrogen-bond donors (Lipinski definition) is 1. The number of aromatic amines is 1. The minimum atomic E-state index is -4.24. The number of phosphoric ester groups is 1. The van der Waals surface area contributed by atoms with Crippen LogP contribution in [0.2, 0.25) is 0 Å². The number of hydrogen-bond acceptors (Lipinski definition) is 7. The van der Waals surface area contributed by atoms with Crippen molar-refractivity contribution in [3.05, 3.63) is 59.2 Å². The molecule has 9 nitrogen and oxygen atoms in total. The molecule has 204 valence electrons. The highest BCUT2D eigenvalue weighted by atomic mass is 125. The number of aromatic nitrogens is 2.